The van der Waals surface area contributed by atoms with Crippen molar-refractivity contribution in [2.75, 3.05) is 33.3 Å². The van der Waals surface area contributed by atoms with Gasteiger partial charge in [0.25, 0.3) is 0 Å². The summed E-state index contributed by atoms with van der Waals surface area (Å²) in [5.41, 5.74) is 0.956. The lowest BCUT2D eigenvalue weighted by molar-refractivity contribution is -0.140. The molecule has 2 amide bonds. The molecule has 1 heterocycles. The van der Waals surface area contributed by atoms with Crippen molar-refractivity contribution in [1.29, 1.82) is 0 Å². The summed E-state index contributed by atoms with van der Waals surface area (Å²) in [5, 5.41) is 7.08. The molecule has 5 unspecified atom stereocenters. The van der Waals surface area contributed by atoms with Crippen molar-refractivity contribution < 1.29 is 14.3 Å². The van der Waals surface area contributed by atoms with Crippen LogP contribution in [0.1, 0.15) is 25.0 Å². The van der Waals surface area contributed by atoms with Crippen molar-refractivity contribution in [2.24, 2.45) is 28.7 Å². The van der Waals surface area contributed by atoms with Crippen LogP contribution in [0.2, 0.25) is 5.02 Å². The van der Waals surface area contributed by atoms with E-state index in [1.807, 2.05) is 31.2 Å². The Morgan fingerprint density at radius 2 is 1.91 bits per heavy atom. The molecule has 2 N–H and O–H groups in total. The summed E-state index contributed by atoms with van der Waals surface area (Å²) in [4.78, 5) is 31.6. The second-order valence-corrected chi connectivity index (χ2v) is 8.69. The Morgan fingerprint density at radius 3 is 2.50 bits per heavy atom. The van der Waals surface area contributed by atoms with Crippen LogP contribution in [0.15, 0.2) is 41.4 Å². The maximum atomic E-state index is 12.8. The number of fused-ring (bicyclic) bond motifs is 5. The van der Waals surface area contributed by atoms with Gasteiger partial charge in [0.1, 0.15) is 6.10 Å². The van der Waals surface area contributed by atoms with Gasteiger partial charge < -0.3 is 15.4 Å². The minimum absolute atomic E-state index is 0. The minimum atomic E-state index is -0.224. The first-order valence-electron chi connectivity index (χ1n) is 10.9. The van der Waals surface area contributed by atoms with Crippen LogP contribution in [0, 0.1) is 23.7 Å². The van der Waals surface area contributed by atoms with E-state index in [0.717, 1.165) is 12.0 Å². The van der Waals surface area contributed by atoms with Crippen molar-refractivity contribution in [3.05, 3.63) is 47.0 Å². The maximum absolute atomic E-state index is 12.8. The van der Waals surface area contributed by atoms with Crippen molar-refractivity contribution in [1.82, 2.24) is 15.5 Å². The molecule has 32 heavy (non-hydrogen) atoms. The first-order valence-corrected chi connectivity index (χ1v) is 11.2. The standard InChI is InChI=1S/C23H29ClN4O3.HI/c1-3-25-23(27-13-18(31-2)14-5-4-6-17(24)12-14)26-9-10-28-21(29)19-15-7-8-16(11-15)20(19)22(28)30;/h4-8,12,15-16,18-20H,3,9-11,13H2,1-2H3,(H2,25,26,27);1H. The van der Waals surface area contributed by atoms with Crippen LogP contribution >= 0.6 is 35.6 Å². The Labute approximate surface area is 211 Å². The number of carbonyl (C=O) groups excluding carboxylic acids is 2. The molecule has 3 aliphatic rings. The summed E-state index contributed by atoms with van der Waals surface area (Å²) >= 11 is 6.09. The summed E-state index contributed by atoms with van der Waals surface area (Å²) in [5.74, 6) is 0.759. The normalized spacial score (nSPS) is 26.8. The number of allylic oxidation sites excluding steroid dienone is 2. The number of carbonyl (C=O) groups is 2. The number of amides is 2. The van der Waals surface area contributed by atoms with Crippen molar-refractivity contribution in [2.45, 2.75) is 19.4 Å². The molecule has 1 saturated heterocycles. The molecule has 4 rings (SSSR count). The number of nitrogens with one attached hydrogen (secondary N) is 2. The molecule has 1 saturated carbocycles. The fourth-order valence-corrected chi connectivity index (χ4v) is 5.21. The number of benzene rings is 1. The van der Waals surface area contributed by atoms with Crippen LogP contribution in [-0.4, -0.2) is 56.0 Å². The van der Waals surface area contributed by atoms with Gasteiger partial charge >= 0.3 is 0 Å². The number of ether oxygens (including phenoxy) is 1. The third-order valence-corrected chi connectivity index (χ3v) is 6.69. The summed E-state index contributed by atoms with van der Waals surface area (Å²) in [6.07, 6.45) is 4.95. The van der Waals surface area contributed by atoms with E-state index in [9.17, 15) is 9.59 Å². The second-order valence-electron chi connectivity index (χ2n) is 8.25. The molecule has 7 nitrogen and oxygen atoms in total. The predicted octanol–water partition coefficient (Wildman–Crippen LogP) is 3.01. The van der Waals surface area contributed by atoms with Gasteiger partial charge in [0.15, 0.2) is 5.96 Å². The van der Waals surface area contributed by atoms with Crippen molar-refractivity contribution in [3.8, 4) is 0 Å². The summed E-state index contributed by atoms with van der Waals surface area (Å²) in [6.45, 7) is 3.88. The highest BCUT2D eigenvalue weighted by Gasteiger charge is 2.58. The number of likely N-dealkylation sites (tertiary alicyclic amines) is 1. The Bertz CT molecular complexity index is 879. The van der Waals surface area contributed by atoms with E-state index in [1.165, 1.54) is 4.90 Å². The molecule has 2 aliphatic carbocycles. The first kappa shape index (κ1) is 25.0. The third-order valence-electron chi connectivity index (χ3n) is 6.45. The Kier molecular flexibility index (Phi) is 8.57. The van der Waals surface area contributed by atoms with E-state index in [2.05, 4.69) is 27.8 Å². The Hall–Kier alpha value is -1.65. The van der Waals surface area contributed by atoms with E-state index >= 15 is 0 Å². The Morgan fingerprint density at radius 1 is 1.22 bits per heavy atom. The van der Waals surface area contributed by atoms with Gasteiger partial charge in [-0.25, -0.2) is 0 Å². The van der Waals surface area contributed by atoms with E-state index in [0.29, 0.717) is 37.2 Å². The average molecular weight is 573 g/mol. The maximum Gasteiger partial charge on any atom is 0.233 e. The van der Waals surface area contributed by atoms with Crippen LogP contribution in [0.25, 0.3) is 0 Å². The highest BCUT2D eigenvalue weighted by molar-refractivity contribution is 14.0. The van der Waals surface area contributed by atoms with Gasteiger partial charge in [-0.3, -0.25) is 19.5 Å². The quantitative estimate of drug-likeness (QED) is 0.165. The molecule has 0 spiro atoms. The zero-order chi connectivity index (χ0) is 22.0. The molecule has 9 heteroatoms. The average Bonchev–Trinajstić information content (AvgIpc) is 3.44. The molecular formula is C23H30ClIN4O3. The zero-order valence-electron chi connectivity index (χ0n) is 18.3. The Balaban J connectivity index is 0.00000289. The predicted molar refractivity (Wildman–Crippen MR) is 135 cm³/mol. The molecule has 0 aromatic heterocycles. The van der Waals surface area contributed by atoms with Gasteiger partial charge in [-0.2, -0.15) is 0 Å². The number of rotatable bonds is 8. The van der Waals surface area contributed by atoms with Crippen LogP contribution < -0.4 is 10.6 Å². The fourth-order valence-electron chi connectivity index (χ4n) is 5.01. The van der Waals surface area contributed by atoms with Gasteiger partial charge in [-0.1, -0.05) is 35.9 Å². The third kappa shape index (κ3) is 4.97. The number of guanidine groups is 1. The van der Waals surface area contributed by atoms with Crippen molar-refractivity contribution >= 4 is 53.4 Å². The number of halogens is 2. The molecule has 0 radical (unpaired) electrons. The van der Waals surface area contributed by atoms with Gasteiger partial charge in [-0.05, 0) is 42.9 Å². The smallest absolute Gasteiger partial charge is 0.233 e. The highest BCUT2D eigenvalue weighted by Crippen LogP contribution is 2.52. The van der Waals surface area contributed by atoms with Crippen LogP contribution in [0.5, 0.6) is 0 Å². The van der Waals surface area contributed by atoms with Crippen LogP contribution in [-0.2, 0) is 14.3 Å². The summed E-state index contributed by atoms with van der Waals surface area (Å²) in [6, 6.07) is 7.54. The first-order chi connectivity index (χ1) is 15.0. The van der Waals surface area contributed by atoms with Crippen molar-refractivity contribution in [3.63, 3.8) is 0 Å². The topological polar surface area (TPSA) is 83.0 Å². The molecule has 174 valence electrons. The monoisotopic (exact) mass is 572 g/mol. The number of aliphatic imine (C=N–C) groups is 1. The number of nitrogens with zero attached hydrogens (tertiary/aromatic N) is 2. The molecule has 5 atom stereocenters. The lowest BCUT2D eigenvalue weighted by Gasteiger charge is -2.19. The largest absolute Gasteiger partial charge is 0.375 e. The minimum Gasteiger partial charge on any atom is -0.375 e. The molecular weight excluding hydrogens is 543 g/mol. The number of hydrogen-bond donors (Lipinski definition) is 2. The van der Waals surface area contributed by atoms with Crippen LogP contribution in [0.4, 0.5) is 0 Å². The second kappa shape index (κ2) is 11.0. The molecule has 1 aromatic carbocycles. The van der Waals surface area contributed by atoms with Gasteiger partial charge in [0.05, 0.1) is 18.4 Å². The van der Waals surface area contributed by atoms with E-state index < -0.39 is 0 Å². The molecule has 1 aromatic rings. The van der Waals surface area contributed by atoms with Crippen LogP contribution in [0.3, 0.4) is 0 Å². The SMILES string of the molecule is CCNC(=NCC(OC)c1cccc(Cl)c1)NCCN1C(=O)C2C3C=CC(C3)C2C1=O.I. The lowest BCUT2D eigenvalue weighted by Crippen LogP contribution is -2.43. The molecule has 2 bridgehead atoms. The van der Waals surface area contributed by atoms with Gasteiger partial charge in [0, 0.05) is 31.8 Å². The van der Waals surface area contributed by atoms with Gasteiger partial charge in [0.2, 0.25) is 11.8 Å². The van der Waals surface area contributed by atoms with E-state index in [4.69, 9.17) is 16.3 Å². The lowest BCUT2D eigenvalue weighted by atomic mass is 9.85. The van der Waals surface area contributed by atoms with E-state index in [1.54, 1.807) is 7.11 Å². The van der Waals surface area contributed by atoms with Gasteiger partial charge in [-0.15, -0.1) is 24.0 Å². The number of hydrogen-bond acceptors (Lipinski definition) is 4. The number of imide groups is 1. The highest BCUT2D eigenvalue weighted by atomic mass is 127. The molecule has 1 aliphatic heterocycles. The van der Waals surface area contributed by atoms with E-state index in [-0.39, 0.29) is 65.6 Å². The summed E-state index contributed by atoms with van der Waals surface area (Å²) < 4.78 is 5.58. The zero-order valence-corrected chi connectivity index (χ0v) is 21.4. The fraction of sp³-hybridized carbons (Fsp3) is 0.522. The number of methoxy groups -OCH3 is 1. The molecule has 2 fully saturated rings. The summed E-state index contributed by atoms with van der Waals surface area (Å²) in [7, 11) is 1.64.